The van der Waals surface area contributed by atoms with E-state index in [0.29, 0.717) is 12.0 Å². The van der Waals surface area contributed by atoms with Gasteiger partial charge >= 0.3 is 5.97 Å². The summed E-state index contributed by atoms with van der Waals surface area (Å²) in [6.07, 6.45) is 13.9. The first-order valence-corrected chi connectivity index (χ1v) is 13.3. The van der Waals surface area contributed by atoms with Crippen LogP contribution in [0.1, 0.15) is 74.1 Å². The van der Waals surface area contributed by atoms with Crippen molar-refractivity contribution in [2.24, 2.45) is 5.92 Å². The Hall–Kier alpha value is -2.29. The van der Waals surface area contributed by atoms with Gasteiger partial charge < -0.3 is 29.1 Å². The molecule has 0 aromatic carbocycles. The van der Waals surface area contributed by atoms with E-state index in [1.807, 2.05) is 6.92 Å². The average Bonchev–Trinajstić information content (AvgIpc) is 3.44. The van der Waals surface area contributed by atoms with Gasteiger partial charge in [0.1, 0.15) is 12.4 Å². The van der Waals surface area contributed by atoms with Crippen molar-refractivity contribution in [3.8, 4) is 0 Å². The van der Waals surface area contributed by atoms with E-state index in [9.17, 15) is 9.59 Å². The third kappa shape index (κ3) is 10.2. The first kappa shape index (κ1) is 30.9. The number of carbonyl (C=O) groups excluding carboxylic acids is 3. The molecule has 8 heteroatoms. The fraction of sp³-hybridized carbons (Fsp3) is 0.690. The number of aldehydes is 1. The number of allylic oxidation sites excluding steroid dienone is 2. The smallest absolute Gasteiger partial charge is 0.303 e. The Balaban J connectivity index is 0.00000153. The third-order valence-corrected chi connectivity index (χ3v) is 7.16. The molecular weight excluding hydrogens is 474 g/mol. The molecule has 3 aliphatic heterocycles. The van der Waals surface area contributed by atoms with E-state index in [1.54, 1.807) is 13.0 Å². The van der Waals surface area contributed by atoms with Crippen LogP contribution in [0.5, 0.6) is 0 Å². The highest BCUT2D eigenvalue weighted by molar-refractivity contribution is 5.87. The Morgan fingerprint density at radius 1 is 1.19 bits per heavy atom. The molecule has 8 nitrogen and oxygen atoms in total. The fourth-order valence-corrected chi connectivity index (χ4v) is 4.90. The molecule has 0 aromatic rings. The van der Waals surface area contributed by atoms with Crippen molar-refractivity contribution in [1.29, 1.82) is 0 Å². The SMILES string of the molecule is CC(=O)OC(C)/C=C\C(=O)NC1CC(C)C(C/C=C(C)/C=C/C2CC3(CCO2)OC3C)OC1C.CC=O. The van der Waals surface area contributed by atoms with Crippen molar-refractivity contribution in [1.82, 2.24) is 5.32 Å². The number of epoxide rings is 1. The van der Waals surface area contributed by atoms with Gasteiger partial charge in [-0.3, -0.25) is 9.59 Å². The summed E-state index contributed by atoms with van der Waals surface area (Å²) in [7, 11) is 0. The van der Waals surface area contributed by atoms with E-state index in [1.165, 1.54) is 25.5 Å². The number of ether oxygens (including phenoxy) is 4. The van der Waals surface area contributed by atoms with Crippen LogP contribution in [-0.4, -0.2) is 66.9 Å². The fourth-order valence-electron chi connectivity index (χ4n) is 4.90. The summed E-state index contributed by atoms with van der Waals surface area (Å²) < 4.78 is 23.0. The molecular formula is C29H45NO7. The van der Waals surface area contributed by atoms with Crippen LogP contribution < -0.4 is 5.32 Å². The van der Waals surface area contributed by atoms with Gasteiger partial charge in [0.2, 0.25) is 5.91 Å². The molecule has 37 heavy (non-hydrogen) atoms. The molecule has 3 saturated heterocycles. The minimum atomic E-state index is -0.438. The molecule has 3 fully saturated rings. The van der Waals surface area contributed by atoms with Crippen molar-refractivity contribution >= 4 is 18.2 Å². The summed E-state index contributed by atoms with van der Waals surface area (Å²) in [5.74, 6) is -0.262. The lowest BCUT2D eigenvalue weighted by atomic mass is 9.88. The summed E-state index contributed by atoms with van der Waals surface area (Å²) in [6.45, 7) is 13.7. The van der Waals surface area contributed by atoms with Crippen molar-refractivity contribution in [3.63, 3.8) is 0 Å². The van der Waals surface area contributed by atoms with Crippen LogP contribution in [0.15, 0.2) is 36.0 Å². The highest BCUT2D eigenvalue weighted by Crippen LogP contribution is 2.46. The quantitative estimate of drug-likeness (QED) is 0.168. The van der Waals surface area contributed by atoms with Gasteiger partial charge in [0.05, 0.1) is 42.7 Å². The number of nitrogens with one attached hydrogen (secondary N) is 1. The molecule has 0 bridgehead atoms. The maximum Gasteiger partial charge on any atom is 0.303 e. The van der Waals surface area contributed by atoms with E-state index in [2.05, 4.69) is 44.3 Å². The molecule has 8 unspecified atom stereocenters. The van der Waals surface area contributed by atoms with Gasteiger partial charge in [0, 0.05) is 25.8 Å². The summed E-state index contributed by atoms with van der Waals surface area (Å²) in [6, 6.07) is -0.0554. The van der Waals surface area contributed by atoms with Crippen LogP contribution in [0, 0.1) is 5.92 Å². The van der Waals surface area contributed by atoms with Gasteiger partial charge in [0.15, 0.2) is 0 Å². The molecule has 1 amide bonds. The summed E-state index contributed by atoms with van der Waals surface area (Å²) in [4.78, 5) is 32.1. The minimum absolute atomic E-state index is 0.0503. The van der Waals surface area contributed by atoms with Gasteiger partial charge in [-0.25, -0.2) is 0 Å². The van der Waals surface area contributed by atoms with E-state index in [0.717, 1.165) is 38.6 Å². The number of hydrogen-bond donors (Lipinski definition) is 1. The standard InChI is InChI=1S/C27H41NO6.C2H4O/c1-17(7-10-23-16-27(13-14-31-23)21(5)34-27)8-11-25-18(2)15-24(20(4)33-25)28-26(30)12-9-19(3)32-22(6)29;1-2-3/h7-10,12,18-21,23-25H,11,13-16H2,1-6H3,(H,28,30);2H,1H3/b10-7+,12-9-,17-8+;. The van der Waals surface area contributed by atoms with Gasteiger partial charge in [-0.2, -0.15) is 0 Å². The van der Waals surface area contributed by atoms with Crippen LogP contribution in [0.2, 0.25) is 0 Å². The molecule has 3 heterocycles. The number of amides is 1. The molecule has 1 spiro atoms. The lowest BCUT2D eigenvalue weighted by Crippen LogP contribution is -2.50. The Morgan fingerprint density at radius 3 is 2.49 bits per heavy atom. The van der Waals surface area contributed by atoms with Crippen LogP contribution in [0.3, 0.4) is 0 Å². The summed E-state index contributed by atoms with van der Waals surface area (Å²) in [5.41, 5.74) is 1.24. The van der Waals surface area contributed by atoms with E-state index in [-0.39, 0.29) is 41.8 Å². The van der Waals surface area contributed by atoms with Gasteiger partial charge in [-0.15, -0.1) is 0 Å². The molecule has 0 aromatic heterocycles. The van der Waals surface area contributed by atoms with E-state index in [4.69, 9.17) is 23.7 Å². The van der Waals surface area contributed by atoms with Crippen LogP contribution >= 0.6 is 0 Å². The van der Waals surface area contributed by atoms with Crippen LogP contribution in [-0.2, 0) is 33.3 Å². The lowest BCUT2D eigenvalue weighted by Gasteiger charge is -2.39. The highest BCUT2D eigenvalue weighted by Gasteiger charge is 2.55. The van der Waals surface area contributed by atoms with Crippen LogP contribution in [0.25, 0.3) is 0 Å². The zero-order valence-corrected chi connectivity index (χ0v) is 23.4. The number of hydrogen-bond acceptors (Lipinski definition) is 7. The summed E-state index contributed by atoms with van der Waals surface area (Å²) >= 11 is 0. The zero-order chi connectivity index (χ0) is 27.6. The second-order valence-corrected chi connectivity index (χ2v) is 10.3. The predicted octanol–water partition coefficient (Wildman–Crippen LogP) is 4.23. The largest absolute Gasteiger partial charge is 0.459 e. The monoisotopic (exact) mass is 519 g/mol. The molecule has 3 aliphatic rings. The maximum atomic E-state index is 12.3. The number of carbonyl (C=O) groups is 3. The second kappa shape index (κ2) is 14.6. The normalized spacial score (nSPS) is 34.5. The van der Waals surface area contributed by atoms with Crippen molar-refractivity contribution in [3.05, 3.63) is 36.0 Å². The minimum Gasteiger partial charge on any atom is -0.459 e. The number of esters is 1. The highest BCUT2D eigenvalue weighted by atomic mass is 16.6. The maximum absolute atomic E-state index is 12.3. The first-order valence-electron chi connectivity index (χ1n) is 13.3. The number of rotatable bonds is 8. The zero-order valence-electron chi connectivity index (χ0n) is 23.4. The molecule has 1 N–H and O–H groups in total. The van der Waals surface area contributed by atoms with Gasteiger partial charge in [-0.1, -0.05) is 30.7 Å². The van der Waals surface area contributed by atoms with Crippen molar-refractivity contribution < 1.29 is 33.3 Å². The van der Waals surface area contributed by atoms with Crippen molar-refractivity contribution in [2.75, 3.05) is 6.61 Å². The molecule has 208 valence electrons. The average molecular weight is 520 g/mol. The Morgan fingerprint density at radius 2 is 1.86 bits per heavy atom. The Kier molecular flexibility index (Phi) is 12.2. The summed E-state index contributed by atoms with van der Waals surface area (Å²) in [5, 5.41) is 3.02. The van der Waals surface area contributed by atoms with Gasteiger partial charge in [-0.05, 0) is 59.5 Å². The first-order chi connectivity index (χ1) is 17.5. The Labute approximate surface area is 221 Å². The molecule has 0 saturated carbocycles. The predicted molar refractivity (Wildman–Crippen MR) is 142 cm³/mol. The third-order valence-electron chi connectivity index (χ3n) is 7.16. The molecule has 0 radical (unpaired) electrons. The van der Waals surface area contributed by atoms with Gasteiger partial charge in [0.25, 0.3) is 0 Å². The van der Waals surface area contributed by atoms with E-state index < -0.39 is 6.10 Å². The topological polar surface area (TPSA) is 103 Å². The lowest BCUT2D eigenvalue weighted by molar-refractivity contribution is -0.143. The molecule has 0 aliphatic carbocycles. The van der Waals surface area contributed by atoms with Crippen LogP contribution in [0.4, 0.5) is 0 Å². The second-order valence-electron chi connectivity index (χ2n) is 10.3. The Bertz CT molecular complexity index is 866. The van der Waals surface area contributed by atoms with Crippen molar-refractivity contribution in [2.45, 2.75) is 116 Å². The molecule has 3 rings (SSSR count). The van der Waals surface area contributed by atoms with E-state index >= 15 is 0 Å². The molecule has 8 atom stereocenters.